The summed E-state index contributed by atoms with van der Waals surface area (Å²) in [6.07, 6.45) is 6.67. The second kappa shape index (κ2) is 4.35. The Hall–Kier alpha value is -1.49. The fourth-order valence-electron chi connectivity index (χ4n) is 1.40. The lowest BCUT2D eigenvalue weighted by Crippen LogP contribution is -1.95. The highest BCUT2D eigenvalue weighted by molar-refractivity contribution is 7.71. The van der Waals surface area contributed by atoms with E-state index < -0.39 is 0 Å². The van der Waals surface area contributed by atoms with Crippen LogP contribution in [0.2, 0.25) is 0 Å². The monoisotopic (exact) mass is 220 g/mol. The summed E-state index contributed by atoms with van der Waals surface area (Å²) >= 11 is 5.01. The fourth-order valence-corrected chi connectivity index (χ4v) is 1.58. The van der Waals surface area contributed by atoms with Crippen molar-refractivity contribution in [1.29, 1.82) is 0 Å². The van der Waals surface area contributed by atoms with Gasteiger partial charge in [-0.25, -0.2) is 0 Å². The molecular formula is C10H12N4S. The number of aromatic nitrogens is 4. The first-order chi connectivity index (χ1) is 7.29. The molecule has 0 aliphatic rings. The van der Waals surface area contributed by atoms with Crippen molar-refractivity contribution >= 4 is 12.2 Å². The van der Waals surface area contributed by atoms with Crippen LogP contribution in [0.3, 0.4) is 0 Å². The zero-order valence-corrected chi connectivity index (χ0v) is 9.29. The van der Waals surface area contributed by atoms with E-state index in [-0.39, 0.29) is 0 Å². The molecule has 0 saturated heterocycles. The first kappa shape index (κ1) is 10.0. The Morgan fingerprint density at radius 1 is 1.40 bits per heavy atom. The molecule has 0 spiro atoms. The minimum Gasteiger partial charge on any atom is -0.272 e. The van der Waals surface area contributed by atoms with Crippen molar-refractivity contribution in [2.45, 2.75) is 19.9 Å². The second-order valence-corrected chi connectivity index (χ2v) is 3.77. The number of aryl methyl sites for hydroxylation is 1. The molecule has 0 aromatic carbocycles. The Bertz CT molecular complexity index is 500. The van der Waals surface area contributed by atoms with Crippen LogP contribution in [0.25, 0.3) is 11.1 Å². The topological polar surface area (TPSA) is 46.5 Å². The summed E-state index contributed by atoms with van der Waals surface area (Å²) in [4.78, 5) is 0. The van der Waals surface area contributed by atoms with Gasteiger partial charge in [-0.05, 0) is 12.5 Å². The molecule has 2 heterocycles. The van der Waals surface area contributed by atoms with E-state index in [1.807, 2.05) is 23.1 Å². The van der Waals surface area contributed by atoms with Gasteiger partial charge >= 0.3 is 0 Å². The van der Waals surface area contributed by atoms with Gasteiger partial charge in [0.05, 0.1) is 12.4 Å². The number of hydrogen-bond donors (Lipinski definition) is 1. The first-order valence-corrected chi connectivity index (χ1v) is 5.28. The van der Waals surface area contributed by atoms with E-state index in [1.54, 1.807) is 6.20 Å². The molecule has 2 aromatic heterocycles. The van der Waals surface area contributed by atoms with Crippen LogP contribution in [0.4, 0.5) is 0 Å². The van der Waals surface area contributed by atoms with Gasteiger partial charge in [0, 0.05) is 23.9 Å². The first-order valence-electron chi connectivity index (χ1n) is 4.87. The molecule has 78 valence electrons. The summed E-state index contributed by atoms with van der Waals surface area (Å²) in [6.45, 7) is 3.06. The minimum atomic E-state index is 0.635. The highest BCUT2D eigenvalue weighted by atomic mass is 32.1. The van der Waals surface area contributed by atoms with Crippen molar-refractivity contribution in [3.63, 3.8) is 0 Å². The van der Waals surface area contributed by atoms with E-state index in [1.165, 1.54) is 0 Å². The van der Waals surface area contributed by atoms with Crippen molar-refractivity contribution in [1.82, 2.24) is 20.0 Å². The van der Waals surface area contributed by atoms with E-state index in [2.05, 4.69) is 22.2 Å². The van der Waals surface area contributed by atoms with Gasteiger partial charge in [0.2, 0.25) is 0 Å². The maximum absolute atomic E-state index is 5.01. The third-order valence-electron chi connectivity index (χ3n) is 2.08. The summed E-state index contributed by atoms with van der Waals surface area (Å²) < 4.78 is 2.56. The molecule has 0 aliphatic carbocycles. The Labute approximate surface area is 93.0 Å². The third-order valence-corrected chi connectivity index (χ3v) is 2.29. The Morgan fingerprint density at radius 2 is 2.27 bits per heavy atom. The van der Waals surface area contributed by atoms with E-state index in [4.69, 9.17) is 12.2 Å². The Morgan fingerprint density at radius 3 is 3.00 bits per heavy atom. The zero-order valence-electron chi connectivity index (χ0n) is 8.47. The average Bonchev–Trinajstić information content (AvgIpc) is 2.67. The van der Waals surface area contributed by atoms with E-state index in [9.17, 15) is 0 Å². The molecule has 1 N–H and O–H groups in total. The van der Waals surface area contributed by atoms with Crippen molar-refractivity contribution in [3.05, 3.63) is 29.3 Å². The summed E-state index contributed by atoms with van der Waals surface area (Å²) in [6, 6.07) is 1.88. The van der Waals surface area contributed by atoms with Crippen LogP contribution in [-0.4, -0.2) is 20.0 Å². The van der Waals surface area contributed by atoms with E-state index in [0.29, 0.717) is 4.64 Å². The lowest BCUT2D eigenvalue weighted by Gasteiger charge is -1.96. The van der Waals surface area contributed by atoms with Crippen molar-refractivity contribution in [2.24, 2.45) is 0 Å². The molecule has 2 aromatic rings. The van der Waals surface area contributed by atoms with Gasteiger partial charge in [0.1, 0.15) is 4.64 Å². The van der Waals surface area contributed by atoms with Crippen LogP contribution in [0.15, 0.2) is 24.7 Å². The average molecular weight is 220 g/mol. The Balaban J connectivity index is 2.33. The molecule has 0 unspecified atom stereocenters. The van der Waals surface area contributed by atoms with Gasteiger partial charge in [0.25, 0.3) is 0 Å². The number of hydrogen-bond acceptors (Lipinski definition) is 3. The summed E-state index contributed by atoms with van der Waals surface area (Å²) in [5, 5.41) is 10.9. The van der Waals surface area contributed by atoms with Gasteiger partial charge in [-0.15, -0.1) is 0 Å². The highest BCUT2D eigenvalue weighted by Gasteiger charge is 2.01. The highest BCUT2D eigenvalue weighted by Crippen LogP contribution is 2.16. The summed E-state index contributed by atoms with van der Waals surface area (Å²) in [5.74, 6) is 0. The number of H-pyrrole nitrogens is 1. The molecule has 2 rings (SSSR count). The molecule has 5 heteroatoms. The largest absolute Gasteiger partial charge is 0.272 e. The molecular weight excluding hydrogens is 208 g/mol. The predicted molar refractivity (Wildman–Crippen MR) is 60.9 cm³/mol. The quantitative estimate of drug-likeness (QED) is 0.808. The van der Waals surface area contributed by atoms with Gasteiger partial charge in [0.15, 0.2) is 0 Å². The molecule has 0 radical (unpaired) electrons. The standard InChI is InChI=1S/C10H12N4S/c1-2-3-14-7-9(6-12-14)8-4-10(15)13-11-5-8/h4-7H,2-3H2,1H3,(H,13,15). The minimum absolute atomic E-state index is 0.635. The third kappa shape index (κ3) is 2.30. The summed E-state index contributed by atoms with van der Waals surface area (Å²) in [5.41, 5.74) is 2.05. The molecule has 15 heavy (non-hydrogen) atoms. The Kier molecular flexibility index (Phi) is 2.91. The SMILES string of the molecule is CCCn1cc(-c2cn[nH]c(=S)c2)cn1. The van der Waals surface area contributed by atoms with Crippen LogP contribution in [-0.2, 0) is 6.54 Å². The zero-order chi connectivity index (χ0) is 10.7. The van der Waals surface area contributed by atoms with Gasteiger partial charge in [-0.3, -0.25) is 9.78 Å². The van der Waals surface area contributed by atoms with Gasteiger partial charge in [-0.1, -0.05) is 19.1 Å². The molecule has 0 bridgehead atoms. The van der Waals surface area contributed by atoms with Crippen LogP contribution < -0.4 is 0 Å². The molecule has 0 aliphatic heterocycles. The molecule has 0 amide bonds. The normalized spacial score (nSPS) is 10.5. The summed E-state index contributed by atoms with van der Waals surface area (Å²) in [7, 11) is 0. The predicted octanol–water partition coefficient (Wildman–Crippen LogP) is 2.41. The van der Waals surface area contributed by atoms with Crippen LogP contribution in [0, 0.1) is 4.64 Å². The van der Waals surface area contributed by atoms with Crippen molar-refractivity contribution in [3.8, 4) is 11.1 Å². The molecule has 0 saturated carbocycles. The second-order valence-electron chi connectivity index (χ2n) is 3.33. The maximum Gasteiger partial charge on any atom is 0.120 e. The van der Waals surface area contributed by atoms with E-state index >= 15 is 0 Å². The number of nitrogens with zero attached hydrogens (tertiary/aromatic N) is 3. The lowest BCUT2D eigenvalue weighted by atomic mass is 10.2. The van der Waals surface area contributed by atoms with Crippen LogP contribution in [0.5, 0.6) is 0 Å². The maximum atomic E-state index is 5.01. The van der Waals surface area contributed by atoms with Crippen molar-refractivity contribution in [2.75, 3.05) is 0 Å². The van der Waals surface area contributed by atoms with Gasteiger partial charge < -0.3 is 0 Å². The van der Waals surface area contributed by atoms with E-state index in [0.717, 1.165) is 24.1 Å². The number of rotatable bonds is 3. The molecule has 4 nitrogen and oxygen atoms in total. The molecule has 0 fully saturated rings. The van der Waals surface area contributed by atoms with Crippen LogP contribution in [0.1, 0.15) is 13.3 Å². The number of aromatic amines is 1. The van der Waals surface area contributed by atoms with Crippen LogP contribution >= 0.6 is 12.2 Å². The molecule has 0 atom stereocenters. The van der Waals surface area contributed by atoms with Crippen molar-refractivity contribution < 1.29 is 0 Å². The fraction of sp³-hybridized carbons (Fsp3) is 0.300. The smallest absolute Gasteiger partial charge is 0.120 e. The lowest BCUT2D eigenvalue weighted by molar-refractivity contribution is 0.603. The van der Waals surface area contributed by atoms with Gasteiger partial charge in [-0.2, -0.15) is 10.2 Å². The number of nitrogens with one attached hydrogen (secondary N) is 1.